The molecular weight excluding hydrogens is 470 g/mol. The molecule has 3 aromatic carbocycles. The maximum absolute atomic E-state index is 13.4. The van der Waals surface area contributed by atoms with Crippen LogP contribution in [0.5, 0.6) is 0 Å². The van der Waals surface area contributed by atoms with E-state index in [1.807, 2.05) is 91.0 Å². The quantitative estimate of drug-likeness (QED) is 0.301. The van der Waals surface area contributed by atoms with Gasteiger partial charge in [-0.2, -0.15) is 0 Å². The van der Waals surface area contributed by atoms with Crippen LogP contribution in [0.25, 0.3) is 0 Å². The molecule has 37 heavy (non-hydrogen) atoms. The van der Waals surface area contributed by atoms with Crippen LogP contribution in [0.2, 0.25) is 0 Å². The van der Waals surface area contributed by atoms with Gasteiger partial charge in [0.2, 0.25) is 0 Å². The molecule has 0 unspecified atom stereocenters. The molecule has 1 amide bonds. The predicted octanol–water partition coefficient (Wildman–Crippen LogP) is 5.23. The van der Waals surface area contributed by atoms with E-state index in [1.54, 1.807) is 20.8 Å². The second kappa shape index (κ2) is 13.3. The Labute approximate surface area is 217 Å². The van der Waals surface area contributed by atoms with Crippen LogP contribution >= 0.6 is 0 Å². The smallest absolute Gasteiger partial charge is 0.408 e. The molecule has 0 aliphatic rings. The van der Waals surface area contributed by atoms with Crippen molar-refractivity contribution in [1.82, 2.24) is 5.32 Å². The van der Waals surface area contributed by atoms with Gasteiger partial charge in [-0.15, -0.1) is 0 Å². The molecule has 0 aliphatic carbocycles. The van der Waals surface area contributed by atoms with Crippen molar-refractivity contribution in [2.75, 3.05) is 0 Å². The van der Waals surface area contributed by atoms with Gasteiger partial charge in [-0.25, -0.2) is 9.59 Å². The maximum atomic E-state index is 13.4. The van der Waals surface area contributed by atoms with Crippen LogP contribution in [0.15, 0.2) is 91.0 Å². The fraction of sp³-hybridized carbons (Fsp3) is 0.300. The van der Waals surface area contributed by atoms with E-state index in [0.29, 0.717) is 0 Å². The van der Waals surface area contributed by atoms with Gasteiger partial charge in [0.05, 0.1) is 5.92 Å². The van der Waals surface area contributed by atoms with E-state index in [9.17, 15) is 14.4 Å². The largest absolute Gasteiger partial charge is 0.461 e. The summed E-state index contributed by atoms with van der Waals surface area (Å²) in [4.78, 5) is 39.4. The molecule has 0 spiro atoms. The summed E-state index contributed by atoms with van der Waals surface area (Å²) in [5, 5.41) is 2.57. The highest BCUT2D eigenvalue weighted by Gasteiger charge is 2.38. The molecule has 0 heterocycles. The summed E-state index contributed by atoms with van der Waals surface area (Å²) < 4.78 is 16.5. The average molecular weight is 504 g/mol. The lowest BCUT2D eigenvalue weighted by atomic mass is 9.92. The highest BCUT2D eigenvalue weighted by atomic mass is 16.6. The number of alkyl carbamates (subject to hydrolysis) is 1. The van der Waals surface area contributed by atoms with E-state index in [4.69, 9.17) is 14.2 Å². The van der Waals surface area contributed by atoms with Gasteiger partial charge < -0.3 is 19.5 Å². The molecule has 2 atom stereocenters. The molecule has 7 nitrogen and oxygen atoms in total. The molecule has 0 radical (unpaired) electrons. The van der Waals surface area contributed by atoms with Gasteiger partial charge in [-0.3, -0.25) is 4.79 Å². The van der Waals surface area contributed by atoms with Crippen molar-refractivity contribution in [3.63, 3.8) is 0 Å². The van der Waals surface area contributed by atoms with Crippen molar-refractivity contribution >= 4 is 18.0 Å². The zero-order chi connectivity index (χ0) is 26.7. The normalized spacial score (nSPS) is 12.6. The third-order valence-electron chi connectivity index (χ3n) is 5.38. The van der Waals surface area contributed by atoms with Crippen LogP contribution in [0.3, 0.4) is 0 Å². The number of amides is 1. The van der Waals surface area contributed by atoms with Crippen LogP contribution in [-0.4, -0.2) is 29.7 Å². The van der Waals surface area contributed by atoms with Gasteiger partial charge in [0.1, 0.15) is 24.9 Å². The minimum Gasteiger partial charge on any atom is -0.461 e. The Balaban J connectivity index is 1.86. The van der Waals surface area contributed by atoms with E-state index in [1.165, 1.54) is 0 Å². The summed E-state index contributed by atoms with van der Waals surface area (Å²) in [6.07, 6.45) is -0.682. The van der Waals surface area contributed by atoms with E-state index in [0.717, 1.165) is 16.7 Å². The summed E-state index contributed by atoms with van der Waals surface area (Å²) >= 11 is 0. The monoisotopic (exact) mass is 503 g/mol. The first-order valence-electron chi connectivity index (χ1n) is 12.2. The first-order valence-corrected chi connectivity index (χ1v) is 12.2. The van der Waals surface area contributed by atoms with Crippen molar-refractivity contribution < 1.29 is 28.6 Å². The predicted molar refractivity (Wildman–Crippen MR) is 139 cm³/mol. The summed E-state index contributed by atoms with van der Waals surface area (Å²) in [7, 11) is 0. The Morgan fingerprint density at radius 2 is 1.11 bits per heavy atom. The Kier molecular flexibility index (Phi) is 9.84. The molecule has 0 bridgehead atoms. The lowest BCUT2D eigenvalue weighted by molar-refractivity contribution is -0.159. The van der Waals surface area contributed by atoms with E-state index >= 15 is 0 Å². The molecule has 194 valence electrons. The first kappa shape index (κ1) is 27.5. The molecule has 0 aromatic heterocycles. The first-order chi connectivity index (χ1) is 17.7. The topological polar surface area (TPSA) is 90.9 Å². The molecule has 1 N–H and O–H groups in total. The third-order valence-corrected chi connectivity index (χ3v) is 5.38. The third kappa shape index (κ3) is 9.44. The second-order valence-electron chi connectivity index (χ2n) is 9.61. The van der Waals surface area contributed by atoms with Crippen molar-refractivity contribution in [2.45, 2.75) is 52.0 Å². The number of esters is 2. The number of ether oxygens (including phenoxy) is 3. The van der Waals surface area contributed by atoms with Crippen LogP contribution in [0, 0.1) is 5.92 Å². The number of hydrogen-bond donors (Lipinski definition) is 1. The molecule has 7 heteroatoms. The summed E-state index contributed by atoms with van der Waals surface area (Å²) in [5.41, 5.74) is 1.58. The number of nitrogens with one attached hydrogen (secondary N) is 1. The second-order valence-corrected chi connectivity index (χ2v) is 9.61. The number of hydrogen-bond acceptors (Lipinski definition) is 6. The summed E-state index contributed by atoms with van der Waals surface area (Å²) in [6, 6.07) is 26.3. The van der Waals surface area contributed by atoms with Crippen LogP contribution < -0.4 is 5.32 Å². The van der Waals surface area contributed by atoms with Gasteiger partial charge >= 0.3 is 18.0 Å². The Morgan fingerprint density at radius 3 is 1.57 bits per heavy atom. The fourth-order valence-corrected chi connectivity index (χ4v) is 3.62. The number of carbonyl (C=O) groups is 3. The van der Waals surface area contributed by atoms with Crippen molar-refractivity contribution in [2.24, 2.45) is 5.92 Å². The Morgan fingerprint density at radius 1 is 0.676 bits per heavy atom. The molecule has 0 fully saturated rings. The standard InChI is InChI=1S/C30H33NO6/c1-30(2,3)37-29(34)31-26(28(33)36-21-24-17-11-6-12-18-24)25(19-22-13-7-4-8-14-22)27(32)35-20-23-15-9-5-10-16-23/h4-18,25-26H,19-21H2,1-3H3,(H,31,34)/t25-,26+/m1/s1. The summed E-state index contributed by atoms with van der Waals surface area (Å²) in [5.74, 6) is -2.44. The minimum absolute atomic E-state index is 0.0106. The molecule has 0 aliphatic heterocycles. The maximum Gasteiger partial charge on any atom is 0.408 e. The lowest BCUT2D eigenvalue weighted by Crippen LogP contribution is -2.51. The van der Waals surface area contributed by atoms with E-state index < -0.39 is 35.6 Å². The SMILES string of the molecule is CC(C)(C)OC(=O)N[C@H](C(=O)OCc1ccccc1)[C@@H](Cc1ccccc1)C(=O)OCc1ccccc1. The molecule has 0 saturated heterocycles. The van der Waals surface area contributed by atoms with Crippen molar-refractivity contribution in [3.05, 3.63) is 108 Å². The summed E-state index contributed by atoms with van der Waals surface area (Å²) in [6.45, 7) is 5.16. The fourth-order valence-electron chi connectivity index (χ4n) is 3.62. The van der Waals surface area contributed by atoms with Crippen molar-refractivity contribution in [1.29, 1.82) is 0 Å². The molecular formula is C30H33NO6. The number of benzene rings is 3. The van der Waals surface area contributed by atoms with Crippen LogP contribution in [0.1, 0.15) is 37.5 Å². The molecule has 3 rings (SSSR count). The average Bonchev–Trinajstić information content (AvgIpc) is 2.88. The Bertz CT molecular complexity index is 1140. The van der Waals surface area contributed by atoms with Crippen LogP contribution in [0.4, 0.5) is 4.79 Å². The number of rotatable bonds is 10. The zero-order valence-corrected chi connectivity index (χ0v) is 21.4. The van der Waals surface area contributed by atoms with Crippen LogP contribution in [-0.2, 0) is 43.4 Å². The highest BCUT2D eigenvalue weighted by molar-refractivity contribution is 5.88. The van der Waals surface area contributed by atoms with Gasteiger partial charge in [-0.1, -0.05) is 91.0 Å². The Hall–Kier alpha value is -4.13. The van der Waals surface area contributed by atoms with Gasteiger partial charge in [0.25, 0.3) is 0 Å². The highest BCUT2D eigenvalue weighted by Crippen LogP contribution is 2.19. The van der Waals surface area contributed by atoms with Gasteiger partial charge in [-0.05, 0) is 43.9 Å². The zero-order valence-electron chi connectivity index (χ0n) is 21.4. The van der Waals surface area contributed by atoms with E-state index in [-0.39, 0.29) is 19.6 Å². The van der Waals surface area contributed by atoms with Gasteiger partial charge in [0.15, 0.2) is 0 Å². The van der Waals surface area contributed by atoms with Crippen molar-refractivity contribution in [3.8, 4) is 0 Å². The van der Waals surface area contributed by atoms with Gasteiger partial charge in [0, 0.05) is 0 Å². The molecule has 0 saturated carbocycles. The molecule has 3 aromatic rings. The lowest BCUT2D eigenvalue weighted by Gasteiger charge is -2.27. The number of carbonyl (C=O) groups excluding carboxylic acids is 3. The van der Waals surface area contributed by atoms with E-state index in [2.05, 4.69) is 5.32 Å². The minimum atomic E-state index is -1.33.